The molecule has 1 fully saturated rings. The zero-order valence-corrected chi connectivity index (χ0v) is 17.5. The Bertz CT molecular complexity index is 1070. The highest BCUT2D eigenvalue weighted by Crippen LogP contribution is 2.35. The Balaban J connectivity index is 1.34. The number of aryl methyl sites for hydroxylation is 1. The first kappa shape index (κ1) is 19.0. The molecule has 0 spiro atoms. The minimum Gasteiger partial charge on any atom is -0.459 e. The fourth-order valence-corrected chi connectivity index (χ4v) is 5.12. The van der Waals surface area contributed by atoms with Crippen LogP contribution in [0.4, 0.5) is 5.95 Å². The quantitative estimate of drug-likeness (QED) is 0.644. The molecule has 0 saturated carbocycles. The number of rotatable bonds is 3. The van der Waals surface area contributed by atoms with Crippen molar-refractivity contribution in [3.05, 3.63) is 63.5 Å². The number of carbonyl (C=O) groups excluding carboxylic acids is 2. The summed E-state index contributed by atoms with van der Waals surface area (Å²) in [5.74, 6) is 1.24. The number of hydrogen-bond acceptors (Lipinski definition) is 7. The SMILES string of the molecule is Cc1nc(N2CCN(C(=O)c3ccco3)CC2)nc2c1C(=O)CC(c1cccs1)C2. The van der Waals surface area contributed by atoms with Crippen molar-refractivity contribution in [3.8, 4) is 0 Å². The molecule has 1 unspecified atom stereocenters. The highest BCUT2D eigenvalue weighted by Gasteiger charge is 2.32. The Morgan fingerprint density at radius 2 is 1.97 bits per heavy atom. The van der Waals surface area contributed by atoms with E-state index in [1.54, 1.807) is 28.4 Å². The molecular formula is C22H22N4O3S. The Morgan fingerprint density at radius 1 is 1.13 bits per heavy atom. The van der Waals surface area contributed by atoms with Crippen LogP contribution >= 0.6 is 11.3 Å². The van der Waals surface area contributed by atoms with Gasteiger partial charge in [-0.05, 0) is 36.9 Å². The zero-order chi connectivity index (χ0) is 20.7. The van der Waals surface area contributed by atoms with E-state index in [4.69, 9.17) is 9.40 Å². The maximum Gasteiger partial charge on any atom is 0.289 e. The van der Waals surface area contributed by atoms with E-state index in [9.17, 15) is 9.59 Å². The molecule has 3 aromatic rings. The number of aromatic nitrogens is 2. The van der Waals surface area contributed by atoms with Crippen LogP contribution in [0.25, 0.3) is 0 Å². The molecule has 1 atom stereocenters. The maximum atomic E-state index is 12.8. The molecule has 1 aliphatic heterocycles. The third kappa shape index (κ3) is 3.41. The number of hydrogen-bond donors (Lipinski definition) is 0. The van der Waals surface area contributed by atoms with Crippen LogP contribution in [-0.4, -0.2) is 52.7 Å². The van der Waals surface area contributed by atoms with Gasteiger partial charge < -0.3 is 14.2 Å². The van der Waals surface area contributed by atoms with Crippen molar-refractivity contribution >= 4 is 29.0 Å². The molecular weight excluding hydrogens is 400 g/mol. The van der Waals surface area contributed by atoms with Crippen LogP contribution in [0, 0.1) is 6.92 Å². The summed E-state index contributed by atoms with van der Waals surface area (Å²) < 4.78 is 5.23. The van der Waals surface area contributed by atoms with Crippen molar-refractivity contribution in [2.75, 3.05) is 31.1 Å². The summed E-state index contributed by atoms with van der Waals surface area (Å²) in [5.41, 5.74) is 2.29. The second-order valence-corrected chi connectivity index (χ2v) is 8.71. The zero-order valence-electron chi connectivity index (χ0n) is 16.7. The molecule has 30 heavy (non-hydrogen) atoms. The third-order valence-electron chi connectivity index (χ3n) is 5.83. The van der Waals surface area contributed by atoms with Crippen LogP contribution in [0.3, 0.4) is 0 Å². The molecule has 0 aromatic carbocycles. The van der Waals surface area contributed by atoms with Gasteiger partial charge in [0.1, 0.15) is 0 Å². The topological polar surface area (TPSA) is 79.5 Å². The van der Waals surface area contributed by atoms with Crippen molar-refractivity contribution in [1.82, 2.24) is 14.9 Å². The summed E-state index contributed by atoms with van der Waals surface area (Å²) in [7, 11) is 0. The van der Waals surface area contributed by atoms with E-state index in [-0.39, 0.29) is 17.6 Å². The van der Waals surface area contributed by atoms with Crippen molar-refractivity contribution < 1.29 is 14.0 Å². The van der Waals surface area contributed by atoms with E-state index in [2.05, 4.69) is 21.3 Å². The number of nitrogens with zero attached hydrogens (tertiary/aromatic N) is 4. The van der Waals surface area contributed by atoms with Gasteiger partial charge in [-0.1, -0.05) is 6.07 Å². The van der Waals surface area contributed by atoms with Crippen molar-refractivity contribution in [2.45, 2.75) is 25.7 Å². The van der Waals surface area contributed by atoms with Gasteiger partial charge in [-0.15, -0.1) is 11.3 Å². The lowest BCUT2D eigenvalue weighted by Crippen LogP contribution is -2.49. The largest absolute Gasteiger partial charge is 0.459 e. The molecule has 1 aliphatic carbocycles. The van der Waals surface area contributed by atoms with E-state index in [1.807, 2.05) is 13.0 Å². The first-order chi connectivity index (χ1) is 14.6. The van der Waals surface area contributed by atoms with Crippen molar-refractivity contribution in [1.29, 1.82) is 0 Å². The molecule has 4 heterocycles. The van der Waals surface area contributed by atoms with Gasteiger partial charge in [-0.2, -0.15) is 0 Å². The Hall–Kier alpha value is -3.00. The van der Waals surface area contributed by atoms with E-state index in [1.165, 1.54) is 11.1 Å². The van der Waals surface area contributed by atoms with Crippen molar-refractivity contribution in [2.24, 2.45) is 0 Å². The van der Waals surface area contributed by atoms with E-state index in [0.29, 0.717) is 49.9 Å². The molecule has 0 bridgehead atoms. The van der Waals surface area contributed by atoms with Gasteiger partial charge in [0.15, 0.2) is 11.5 Å². The van der Waals surface area contributed by atoms with Gasteiger partial charge in [0, 0.05) is 43.4 Å². The summed E-state index contributed by atoms with van der Waals surface area (Å²) in [4.78, 5) is 39.8. The molecule has 8 heteroatoms. The Morgan fingerprint density at radius 3 is 2.67 bits per heavy atom. The second-order valence-electron chi connectivity index (χ2n) is 7.73. The van der Waals surface area contributed by atoms with Gasteiger partial charge in [0.05, 0.1) is 23.2 Å². The molecule has 2 aliphatic rings. The number of piperazine rings is 1. The molecule has 154 valence electrons. The molecule has 1 saturated heterocycles. The average Bonchev–Trinajstić information content (AvgIpc) is 3.47. The number of Topliss-reactive ketones (excluding diaryl/α,β-unsaturated/α-hetero) is 1. The fraction of sp³-hybridized carbons (Fsp3) is 0.364. The number of amides is 1. The summed E-state index contributed by atoms with van der Waals surface area (Å²) in [6, 6.07) is 7.53. The predicted octanol–water partition coefficient (Wildman–Crippen LogP) is 3.31. The number of ketones is 1. The number of furan rings is 1. The lowest BCUT2D eigenvalue weighted by molar-refractivity contribution is 0.0713. The standard InChI is InChI=1S/C22H22N4O3S/c1-14-20-16(12-15(13-17(20)27)19-5-3-11-30-19)24-22(23-14)26-8-6-25(7-9-26)21(28)18-4-2-10-29-18/h2-5,10-11,15H,6-9,12-13H2,1H3. The van der Waals surface area contributed by atoms with Gasteiger partial charge in [-0.3, -0.25) is 9.59 Å². The average molecular weight is 423 g/mol. The van der Waals surface area contributed by atoms with Crippen LogP contribution in [-0.2, 0) is 6.42 Å². The Kier molecular flexibility index (Phi) is 4.86. The summed E-state index contributed by atoms with van der Waals surface area (Å²) >= 11 is 1.69. The highest BCUT2D eigenvalue weighted by molar-refractivity contribution is 7.10. The molecule has 5 rings (SSSR count). The highest BCUT2D eigenvalue weighted by atomic mass is 32.1. The molecule has 0 N–H and O–H groups in total. The number of carbonyl (C=O) groups is 2. The summed E-state index contributed by atoms with van der Waals surface area (Å²) in [5, 5.41) is 2.05. The van der Waals surface area contributed by atoms with E-state index < -0.39 is 0 Å². The van der Waals surface area contributed by atoms with Gasteiger partial charge in [0.2, 0.25) is 5.95 Å². The summed E-state index contributed by atoms with van der Waals surface area (Å²) in [6.45, 7) is 4.34. The van der Waals surface area contributed by atoms with Crippen molar-refractivity contribution in [3.63, 3.8) is 0 Å². The molecule has 0 radical (unpaired) electrons. The molecule has 3 aromatic heterocycles. The maximum absolute atomic E-state index is 12.8. The molecule has 7 nitrogen and oxygen atoms in total. The van der Waals surface area contributed by atoms with Gasteiger partial charge in [-0.25, -0.2) is 9.97 Å². The monoisotopic (exact) mass is 422 g/mol. The van der Waals surface area contributed by atoms with E-state index >= 15 is 0 Å². The lowest BCUT2D eigenvalue weighted by Gasteiger charge is -2.35. The fourth-order valence-electron chi connectivity index (χ4n) is 4.29. The van der Waals surface area contributed by atoms with Crippen LogP contribution in [0.15, 0.2) is 40.3 Å². The smallest absolute Gasteiger partial charge is 0.289 e. The number of anilines is 1. The Labute approximate surface area is 178 Å². The van der Waals surface area contributed by atoms with Crippen LogP contribution in [0.1, 0.15) is 49.5 Å². The first-order valence-corrected chi connectivity index (χ1v) is 11.0. The number of fused-ring (bicyclic) bond motifs is 1. The van der Waals surface area contributed by atoms with Crippen LogP contribution in [0.5, 0.6) is 0 Å². The predicted molar refractivity (Wildman–Crippen MR) is 113 cm³/mol. The van der Waals surface area contributed by atoms with Crippen LogP contribution < -0.4 is 4.90 Å². The van der Waals surface area contributed by atoms with Crippen LogP contribution in [0.2, 0.25) is 0 Å². The lowest BCUT2D eigenvalue weighted by atomic mass is 9.84. The molecule has 1 amide bonds. The van der Waals surface area contributed by atoms with E-state index in [0.717, 1.165) is 17.8 Å². The minimum atomic E-state index is -0.0911. The second kappa shape index (κ2) is 7.68. The summed E-state index contributed by atoms with van der Waals surface area (Å²) in [6.07, 6.45) is 2.79. The van der Waals surface area contributed by atoms with Gasteiger partial charge >= 0.3 is 0 Å². The normalized spacial score (nSPS) is 19.1. The third-order valence-corrected chi connectivity index (χ3v) is 6.87. The van der Waals surface area contributed by atoms with Gasteiger partial charge in [0.25, 0.3) is 5.91 Å². The first-order valence-electron chi connectivity index (χ1n) is 10.1. The number of thiophene rings is 1. The minimum absolute atomic E-state index is 0.0911.